The van der Waals surface area contributed by atoms with Gasteiger partial charge in [0.15, 0.2) is 17.3 Å². The van der Waals surface area contributed by atoms with Crippen molar-refractivity contribution in [3.63, 3.8) is 0 Å². The van der Waals surface area contributed by atoms with Crippen molar-refractivity contribution in [2.75, 3.05) is 18.5 Å². The van der Waals surface area contributed by atoms with Crippen LogP contribution >= 0.6 is 0 Å². The number of carbonyl (C=O) groups is 2. The van der Waals surface area contributed by atoms with Gasteiger partial charge in [0.2, 0.25) is 5.91 Å². The van der Waals surface area contributed by atoms with Crippen LogP contribution in [0.2, 0.25) is 0 Å². The summed E-state index contributed by atoms with van der Waals surface area (Å²) in [4.78, 5) is 24.2. The molecule has 0 unspecified atom stereocenters. The van der Waals surface area contributed by atoms with Gasteiger partial charge in [0.1, 0.15) is 0 Å². The van der Waals surface area contributed by atoms with Gasteiger partial charge in [-0.15, -0.1) is 0 Å². The van der Waals surface area contributed by atoms with Gasteiger partial charge in [-0.1, -0.05) is 24.3 Å². The van der Waals surface area contributed by atoms with Crippen molar-refractivity contribution in [3.05, 3.63) is 78.3 Å². The molecule has 1 aromatic heterocycles. The number of carbonyl (C=O) groups excluding carboxylic acids is 2. The zero-order valence-electron chi connectivity index (χ0n) is 17.4. The number of para-hydroxylation sites is 2. The van der Waals surface area contributed by atoms with Crippen molar-refractivity contribution in [3.8, 4) is 11.5 Å². The van der Waals surface area contributed by atoms with Crippen molar-refractivity contribution >= 4 is 17.5 Å². The molecule has 162 valence electrons. The molecule has 0 aliphatic rings. The third-order valence-electron chi connectivity index (χ3n) is 4.37. The molecule has 0 aliphatic heterocycles. The third-order valence-corrected chi connectivity index (χ3v) is 4.37. The number of benzene rings is 2. The summed E-state index contributed by atoms with van der Waals surface area (Å²) in [6.45, 7) is 3.28. The summed E-state index contributed by atoms with van der Waals surface area (Å²) in [6, 6.07) is 18.0. The lowest BCUT2D eigenvalue weighted by Crippen LogP contribution is -2.23. The lowest BCUT2D eigenvalue weighted by atomic mass is 10.2. The first-order valence-electron chi connectivity index (χ1n) is 10.2. The Labute approximate surface area is 181 Å². The third kappa shape index (κ3) is 6.92. The van der Waals surface area contributed by atoms with Gasteiger partial charge < -0.3 is 24.5 Å². The average molecular weight is 422 g/mol. The molecule has 0 spiro atoms. The molecule has 2 amide bonds. The number of anilines is 1. The van der Waals surface area contributed by atoms with E-state index >= 15 is 0 Å². The molecule has 2 N–H and O–H groups in total. The van der Waals surface area contributed by atoms with E-state index in [1.54, 1.807) is 18.2 Å². The molecule has 7 nitrogen and oxygen atoms in total. The van der Waals surface area contributed by atoms with Crippen molar-refractivity contribution in [2.24, 2.45) is 0 Å². The first-order chi connectivity index (χ1) is 15.2. The summed E-state index contributed by atoms with van der Waals surface area (Å²) in [5, 5.41) is 5.66. The van der Waals surface area contributed by atoms with Crippen LogP contribution < -0.4 is 20.1 Å². The summed E-state index contributed by atoms with van der Waals surface area (Å²) < 4.78 is 16.3. The van der Waals surface area contributed by atoms with Crippen LogP contribution in [0.3, 0.4) is 0 Å². The SMILES string of the molecule is CCOc1ccccc1OCCCC(=O)NCc1cccc(NC(=O)c2ccco2)c1. The molecule has 0 radical (unpaired) electrons. The molecule has 1 heterocycles. The smallest absolute Gasteiger partial charge is 0.291 e. The second-order valence-corrected chi connectivity index (χ2v) is 6.74. The molecule has 2 aromatic carbocycles. The molecular weight excluding hydrogens is 396 g/mol. The van der Waals surface area contributed by atoms with E-state index in [4.69, 9.17) is 13.9 Å². The van der Waals surface area contributed by atoms with E-state index in [9.17, 15) is 9.59 Å². The molecule has 0 bridgehead atoms. The molecule has 0 saturated heterocycles. The van der Waals surface area contributed by atoms with Crippen molar-refractivity contribution in [1.29, 1.82) is 0 Å². The van der Waals surface area contributed by atoms with Gasteiger partial charge in [0, 0.05) is 18.7 Å². The predicted molar refractivity (Wildman–Crippen MR) is 117 cm³/mol. The summed E-state index contributed by atoms with van der Waals surface area (Å²) in [6.07, 6.45) is 2.39. The minimum Gasteiger partial charge on any atom is -0.490 e. The van der Waals surface area contributed by atoms with Crippen LogP contribution in [0.1, 0.15) is 35.9 Å². The van der Waals surface area contributed by atoms with Crippen molar-refractivity contribution in [1.82, 2.24) is 5.32 Å². The van der Waals surface area contributed by atoms with Crippen LogP contribution in [0.5, 0.6) is 11.5 Å². The van der Waals surface area contributed by atoms with E-state index in [2.05, 4.69) is 10.6 Å². The van der Waals surface area contributed by atoms with Gasteiger partial charge in [-0.3, -0.25) is 9.59 Å². The van der Waals surface area contributed by atoms with E-state index in [1.165, 1.54) is 6.26 Å². The molecule has 0 aliphatic carbocycles. The number of amides is 2. The number of hydrogen-bond acceptors (Lipinski definition) is 5. The number of nitrogens with one attached hydrogen (secondary N) is 2. The van der Waals surface area contributed by atoms with Crippen LogP contribution in [-0.2, 0) is 11.3 Å². The van der Waals surface area contributed by atoms with E-state index < -0.39 is 0 Å². The lowest BCUT2D eigenvalue weighted by molar-refractivity contribution is -0.121. The Morgan fingerprint density at radius 1 is 0.968 bits per heavy atom. The Balaban J connectivity index is 1.39. The van der Waals surface area contributed by atoms with Crippen molar-refractivity contribution in [2.45, 2.75) is 26.3 Å². The highest BCUT2D eigenvalue weighted by atomic mass is 16.5. The fourth-order valence-corrected chi connectivity index (χ4v) is 2.91. The molecule has 0 fully saturated rings. The topological polar surface area (TPSA) is 89.8 Å². The average Bonchev–Trinajstić information content (AvgIpc) is 3.32. The van der Waals surface area contributed by atoms with Gasteiger partial charge in [0.25, 0.3) is 5.91 Å². The second-order valence-electron chi connectivity index (χ2n) is 6.74. The minimum atomic E-state index is -0.322. The zero-order valence-corrected chi connectivity index (χ0v) is 17.4. The molecule has 31 heavy (non-hydrogen) atoms. The number of rotatable bonds is 11. The largest absolute Gasteiger partial charge is 0.490 e. The molecule has 0 atom stereocenters. The lowest BCUT2D eigenvalue weighted by Gasteiger charge is -2.11. The Morgan fingerprint density at radius 2 is 1.77 bits per heavy atom. The van der Waals surface area contributed by atoms with E-state index in [-0.39, 0.29) is 17.6 Å². The van der Waals surface area contributed by atoms with Gasteiger partial charge >= 0.3 is 0 Å². The maximum Gasteiger partial charge on any atom is 0.291 e. The van der Waals surface area contributed by atoms with Crippen LogP contribution in [0.15, 0.2) is 71.3 Å². The standard InChI is InChI=1S/C24H26N2O5/c1-2-29-20-10-3-4-11-21(20)30-15-7-13-23(27)25-17-18-8-5-9-19(16-18)26-24(28)22-12-6-14-31-22/h3-6,8-12,14,16H,2,7,13,15,17H2,1H3,(H,25,27)(H,26,28). The van der Waals surface area contributed by atoms with Crippen LogP contribution in [0.4, 0.5) is 5.69 Å². The van der Waals surface area contributed by atoms with Gasteiger partial charge in [-0.05, 0) is 55.3 Å². The highest BCUT2D eigenvalue weighted by Gasteiger charge is 2.09. The first-order valence-corrected chi connectivity index (χ1v) is 10.2. The molecule has 7 heteroatoms. The van der Waals surface area contributed by atoms with E-state index in [0.29, 0.717) is 49.8 Å². The summed E-state index contributed by atoms with van der Waals surface area (Å²) in [5.74, 6) is 1.24. The summed E-state index contributed by atoms with van der Waals surface area (Å²) in [5.41, 5.74) is 1.52. The zero-order chi connectivity index (χ0) is 21.9. The maximum atomic E-state index is 12.1. The highest BCUT2D eigenvalue weighted by Crippen LogP contribution is 2.26. The molecule has 3 rings (SSSR count). The van der Waals surface area contributed by atoms with Crippen LogP contribution in [0, 0.1) is 0 Å². The van der Waals surface area contributed by atoms with Crippen molar-refractivity contribution < 1.29 is 23.5 Å². The first kappa shape index (κ1) is 22.0. The second kappa shape index (κ2) is 11.4. The molecular formula is C24H26N2O5. The predicted octanol–water partition coefficient (Wildman–Crippen LogP) is 4.41. The number of furan rings is 1. The number of ether oxygens (including phenoxy) is 2. The van der Waals surface area contributed by atoms with Gasteiger partial charge in [-0.2, -0.15) is 0 Å². The number of hydrogen-bond donors (Lipinski definition) is 2. The van der Waals surface area contributed by atoms with E-state index in [1.807, 2.05) is 49.4 Å². The fourth-order valence-electron chi connectivity index (χ4n) is 2.91. The maximum absolute atomic E-state index is 12.1. The van der Waals surface area contributed by atoms with Crippen LogP contribution in [0.25, 0.3) is 0 Å². The van der Waals surface area contributed by atoms with Gasteiger partial charge in [0.05, 0.1) is 19.5 Å². The highest BCUT2D eigenvalue weighted by molar-refractivity contribution is 6.02. The Bertz CT molecular complexity index is 985. The Morgan fingerprint density at radius 3 is 2.52 bits per heavy atom. The van der Waals surface area contributed by atoms with Crippen LogP contribution in [-0.4, -0.2) is 25.0 Å². The Kier molecular flexibility index (Phi) is 8.11. The molecule has 0 saturated carbocycles. The quantitative estimate of drug-likeness (QED) is 0.447. The molecule has 3 aromatic rings. The summed E-state index contributed by atoms with van der Waals surface area (Å²) >= 11 is 0. The summed E-state index contributed by atoms with van der Waals surface area (Å²) in [7, 11) is 0. The normalized spacial score (nSPS) is 10.4. The fraction of sp³-hybridized carbons (Fsp3) is 0.250. The van der Waals surface area contributed by atoms with E-state index in [0.717, 1.165) is 5.56 Å². The Hall–Kier alpha value is -3.74. The monoisotopic (exact) mass is 422 g/mol. The minimum absolute atomic E-state index is 0.0632. The van der Waals surface area contributed by atoms with Gasteiger partial charge in [-0.25, -0.2) is 0 Å².